The highest BCUT2D eigenvalue weighted by Gasteiger charge is 2.05. The Morgan fingerprint density at radius 1 is 0.885 bits per heavy atom. The van der Waals surface area contributed by atoms with E-state index in [2.05, 4.69) is 20.6 Å². The van der Waals surface area contributed by atoms with Crippen LogP contribution in [0, 0.1) is 6.92 Å². The molecule has 0 atom stereocenters. The van der Waals surface area contributed by atoms with Gasteiger partial charge in [-0.05, 0) is 48.9 Å². The zero-order chi connectivity index (χ0) is 18.4. The van der Waals surface area contributed by atoms with Gasteiger partial charge in [-0.2, -0.15) is 4.98 Å². The molecule has 0 bridgehead atoms. The summed E-state index contributed by atoms with van der Waals surface area (Å²) in [4.78, 5) is 8.91. The number of rotatable bonds is 7. The second kappa shape index (κ2) is 8.20. The van der Waals surface area contributed by atoms with Gasteiger partial charge in [-0.3, -0.25) is 0 Å². The van der Waals surface area contributed by atoms with Crippen molar-refractivity contribution in [2.24, 2.45) is 0 Å². The van der Waals surface area contributed by atoms with E-state index in [1.165, 1.54) is 0 Å². The molecular weight excluding hydrogens is 328 g/mol. The molecule has 6 nitrogen and oxygen atoms in total. The molecule has 0 saturated heterocycles. The number of hydrogen-bond acceptors (Lipinski definition) is 6. The van der Waals surface area contributed by atoms with Crippen molar-refractivity contribution in [3.05, 3.63) is 65.9 Å². The van der Waals surface area contributed by atoms with E-state index in [9.17, 15) is 0 Å². The van der Waals surface area contributed by atoms with E-state index < -0.39 is 0 Å². The van der Waals surface area contributed by atoms with Crippen LogP contribution >= 0.6 is 0 Å². The van der Waals surface area contributed by atoms with Crippen LogP contribution in [-0.4, -0.2) is 24.2 Å². The predicted molar refractivity (Wildman–Crippen MR) is 103 cm³/mol. The van der Waals surface area contributed by atoms with Crippen LogP contribution in [0.4, 0.5) is 17.5 Å². The number of nitrogens with zero attached hydrogens (tertiary/aromatic N) is 2. The number of hydrogen-bond donors (Lipinski definition) is 2. The maximum absolute atomic E-state index is 5.18. The highest BCUT2D eigenvalue weighted by Crippen LogP contribution is 2.20. The fraction of sp³-hybridized carbons (Fsp3) is 0.200. The van der Waals surface area contributed by atoms with Crippen LogP contribution in [0.25, 0.3) is 0 Å². The molecule has 26 heavy (non-hydrogen) atoms. The lowest BCUT2D eigenvalue weighted by molar-refractivity contribution is 0.414. The van der Waals surface area contributed by atoms with Crippen molar-refractivity contribution in [2.75, 3.05) is 24.9 Å². The molecule has 3 aromatic rings. The van der Waals surface area contributed by atoms with Crippen molar-refractivity contribution in [3.8, 4) is 11.5 Å². The van der Waals surface area contributed by atoms with Crippen molar-refractivity contribution in [2.45, 2.75) is 13.5 Å². The fourth-order valence-corrected chi connectivity index (χ4v) is 2.41. The minimum Gasteiger partial charge on any atom is -0.497 e. The fourth-order valence-electron chi connectivity index (χ4n) is 2.41. The van der Waals surface area contributed by atoms with Crippen molar-refractivity contribution in [3.63, 3.8) is 0 Å². The molecule has 0 fully saturated rings. The van der Waals surface area contributed by atoms with Crippen molar-refractivity contribution < 1.29 is 9.47 Å². The van der Waals surface area contributed by atoms with Gasteiger partial charge in [0.05, 0.1) is 14.2 Å². The summed E-state index contributed by atoms with van der Waals surface area (Å²) in [5.41, 5.74) is 3.03. The summed E-state index contributed by atoms with van der Waals surface area (Å²) in [5.74, 6) is 2.99. The topological polar surface area (TPSA) is 68.3 Å². The Kier molecular flexibility index (Phi) is 5.53. The number of aromatic nitrogens is 2. The van der Waals surface area contributed by atoms with E-state index in [0.29, 0.717) is 12.5 Å². The molecule has 1 aromatic heterocycles. The van der Waals surface area contributed by atoms with Gasteiger partial charge < -0.3 is 20.1 Å². The first-order valence-electron chi connectivity index (χ1n) is 8.29. The quantitative estimate of drug-likeness (QED) is 0.667. The second-order valence-corrected chi connectivity index (χ2v) is 5.78. The lowest BCUT2D eigenvalue weighted by Gasteiger charge is -2.11. The molecule has 0 aliphatic rings. The maximum atomic E-state index is 5.18. The van der Waals surface area contributed by atoms with Gasteiger partial charge in [0.15, 0.2) is 0 Å². The molecule has 0 spiro atoms. The van der Waals surface area contributed by atoms with Gasteiger partial charge in [0.1, 0.15) is 17.3 Å². The molecule has 0 aliphatic heterocycles. The number of methoxy groups -OCH3 is 2. The zero-order valence-corrected chi connectivity index (χ0v) is 15.1. The molecule has 0 aliphatic carbocycles. The number of nitrogens with one attached hydrogen (secondary N) is 2. The third-order valence-corrected chi connectivity index (χ3v) is 3.94. The largest absolute Gasteiger partial charge is 0.497 e. The number of anilines is 3. The minimum atomic E-state index is 0.540. The average molecular weight is 350 g/mol. The molecule has 0 amide bonds. The van der Waals surface area contributed by atoms with E-state index >= 15 is 0 Å². The monoisotopic (exact) mass is 350 g/mol. The van der Waals surface area contributed by atoms with Gasteiger partial charge in [-0.15, -0.1) is 0 Å². The first-order valence-corrected chi connectivity index (χ1v) is 8.29. The Labute approximate surface area is 153 Å². The molecule has 3 rings (SSSR count). The maximum Gasteiger partial charge on any atom is 0.229 e. The number of ether oxygens (including phenoxy) is 2. The van der Waals surface area contributed by atoms with Crippen LogP contribution < -0.4 is 20.1 Å². The molecule has 0 radical (unpaired) electrons. The second-order valence-electron chi connectivity index (χ2n) is 5.78. The van der Waals surface area contributed by atoms with E-state index in [4.69, 9.17) is 9.47 Å². The smallest absolute Gasteiger partial charge is 0.229 e. The Bertz CT molecular complexity index is 849. The van der Waals surface area contributed by atoms with Gasteiger partial charge in [-0.25, -0.2) is 4.98 Å². The first kappa shape index (κ1) is 17.5. The van der Waals surface area contributed by atoms with Crippen LogP contribution in [0.3, 0.4) is 0 Å². The highest BCUT2D eigenvalue weighted by atomic mass is 16.5. The Hall–Kier alpha value is -3.28. The predicted octanol–water partition coefficient (Wildman–Crippen LogP) is 4.16. The van der Waals surface area contributed by atoms with Gasteiger partial charge in [0.25, 0.3) is 0 Å². The van der Waals surface area contributed by atoms with E-state index in [0.717, 1.165) is 34.1 Å². The summed E-state index contributed by atoms with van der Waals surface area (Å²) in [6.07, 6.45) is 1.80. The Morgan fingerprint density at radius 3 is 2.12 bits per heavy atom. The SMILES string of the molecule is COc1ccc(CNc2nc(Nc3ccc(OC)cc3)ncc2C)cc1. The van der Waals surface area contributed by atoms with Gasteiger partial charge in [0, 0.05) is 24.0 Å². The van der Waals surface area contributed by atoms with Crippen molar-refractivity contribution >= 4 is 17.5 Å². The molecule has 0 saturated carbocycles. The van der Waals surface area contributed by atoms with Gasteiger partial charge in [-0.1, -0.05) is 12.1 Å². The van der Waals surface area contributed by atoms with Crippen LogP contribution in [0.2, 0.25) is 0 Å². The number of benzene rings is 2. The normalized spacial score (nSPS) is 10.3. The minimum absolute atomic E-state index is 0.540. The van der Waals surface area contributed by atoms with Crippen LogP contribution in [0.1, 0.15) is 11.1 Å². The Morgan fingerprint density at radius 2 is 1.50 bits per heavy atom. The van der Waals surface area contributed by atoms with Crippen LogP contribution in [-0.2, 0) is 6.54 Å². The molecule has 6 heteroatoms. The van der Waals surface area contributed by atoms with Gasteiger partial charge >= 0.3 is 0 Å². The average Bonchev–Trinajstić information content (AvgIpc) is 2.69. The summed E-state index contributed by atoms with van der Waals surface area (Å²) in [6.45, 7) is 2.65. The molecule has 1 heterocycles. The van der Waals surface area contributed by atoms with E-state index in [-0.39, 0.29) is 0 Å². The lowest BCUT2D eigenvalue weighted by Crippen LogP contribution is -2.06. The lowest BCUT2D eigenvalue weighted by atomic mass is 10.2. The molecular formula is C20H22N4O2. The number of aryl methyl sites for hydroxylation is 1. The van der Waals surface area contributed by atoms with Crippen molar-refractivity contribution in [1.29, 1.82) is 0 Å². The summed E-state index contributed by atoms with van der Waals surface area (Å²) in [7, 11) is 3.31. The van der Waals surface area contributed by atoms with Gasteiger partial charge in [0.2, 0.25) is 5.95 Å². The summed E-state index contributed by atoms with van der Waals surface area (Å²) < 4.78 is 10.3. The van der Waals surface area contributed by atoms with Crippen molar-refractivity contribution in [1.82, 2.24) is 9.97 Å². The third kappa shape index (κ3) is 4.42. The third-order valence-electron chi connectivity index (χ3n) is 3.94. The van der Waals surface area contributed by atoms with E-state index in [1.54, 1.807) is 20.4 Å². The van der Waals surface area contributed by atoms with E-state index in [1.807, 2.05) is 55.5 Å². The molecule has 0 unspecified atom stereocenters. The summed E-state index contributed by atoms with van der Waals surface area (Å²) in [6, 6.07) is 15.6. The van der Waals surface area contributed by atoms with Crippen LogP contribution in [0.15, 0.2) is 54.7 Å². The summed E-state index contributed by atoms with van der Waals surface area (Å²) >= 11 is 0. The van der Waals surface area contributed by atoms with Crippen LogP contribution in [0.5, 0.6) is 11.5 Å². The standard InChI is InChI=1S/C20H22N4O2/c1-14-12-22-20(23-16-6-10-18(26-3)11-7-16)24-19(14)21-13-15-4-8-17(25-2)9-5-15/h4-12H,13H2,1-3H3,(H2,21,22,23,24). The molecule has 134 valence electrons. The first-order chi connectivity index (χ1) is 12.7. The summed E-state index contributed by atoms with van der Waals surface area (Å²) in [5, 5.41) is 6.56. The zero-order valence-electron chi connectivity index (χ0n) is 15.1. The molecule has 2 aromatic carbocycles. The highest BCUT2D eigenvalue weighted by molar-refractivity contribution is 5.57. The molecule has 2 N–H and O–H groups in total. The Balaban J connectivity index is 1.68.